The average Bonchev–Trinajstić information content (AvgIpc) is 2.72. The van der Waals surface area contributed by atoms with Gasteiger partial charge in [-0.2, -0.15) is 5.10 Å². The van der Waals surface area contributed by atoms with Crippen LogP contribution in [0.15, 0.2) is 15.9 Å². The van der Waals surface area contributed by atoms with Crippen LogP contribution in [0.2, 0.25) is 0 Å². The number of rotatable bonds is 3. The van der Waals surface area contributed by atoms with Crippen LogP contribution in [0.3, 0.4) is 0 Å². The Balaban J connectivity index is 2.10. The topological polar surface area (TPSA) is 29.9 Å². The van der Waals surface area contributed by atoms with Crippen LogP contribution in [0.4, 0.5) is 5.69 Å². The van der Waals surface area contributed by atoms with Gasteiger partial charge in [-0.05, 0) is 41.9 Å². The molecule has 2 aromatic heterocycles. The zero-order valence-corrected chi connectivity index (χ0v) is 11.9. The number of aromatic nitrogens is 2. The first-order valence-corrected chi connectivity index (χ1v) is 6.67. The van der Waals surface area contributed by atoms with Crippen molar-refractivity contribution in [1.82, 2.24) is 9.78 Å². The Bertz CT molecular complexity index is 501. The molecule has 2 aromatic rings. The lowest BCUT2D eigenvalue weighted by molar-refractivity contribution is 0.731. The van der Waals surface area contributed by atoms with Gasteiger partial charge in [0, 0.05) is 18.5 Å². The maximum atomic E-state index is 4.38. The molecule has 5 heteroatoms. The van der Waals surface area contributed by atoms with E-state index < -0.39 is 0 Å². The fraction of sp³-hybridized carbons (Fsp3) is 0.364. The molecule has 0 atom stereocenters. The molecular weight excluding hydrogens is 286 g/mol. The van der Waals surface area contributed by atoms with Crippen molar-refractivity contribution in [2.45, 2.75) is 20.4 Å². The molecule has 0 spiro atoms. The zero-order chi connectivity index (χ0) is 11.7. The lowest BCUT2D eigenvalue weighted by atomic mass is 10.3. The number of hydrogen-bond acceptors (Lipinski definition) is 3. The normalized spacial score (nSPS) is 10.8. The molecule has 0 aliphatic rings. The molecule has 1 N–H and O–H groups in total. The van der Waals surface area contributed by atoms with E-state index in [2.05, 4.69) is 45.4 Å². The summed E-state index contributed by atoms with van der Waals surface area (Å²) in [5.74, 6) is 0. The van der Waals surface area contributed by atoms with Gasteiger partial charge in [-0.25, -0.2) is 0 Å². The van der Waals surface area contributed by atoms with E-state index in [0.29, 0.717) is 0 Å². The van der Waals surface area contributed by atoms with Gasteiger partial charge in [0.05, 0.1) is 20.9 Å². The standard InChI is InChI=1S/C11H14BrN3S/c1-7-11(8(2)15(3)14-7)13-6-9-4-5-10(12)16-9/h4-5,13H,6H2,1-3H3. The SMILES string of the molecule is Cc1nn(C)c(C)c1NCc1ccc(Br)s1. The fourth-order valence-electron chi connectivity index (χ4n) is 1.65. The molecule has 2 rings (SSSR count). The van der Waals surface area contributed by atoms with Gasteiger partial charge in [-0.3, -0.25) is 4.68 Å². The lowest BCUT2D eigenvalue weighted by Gasteiger charge is -2.04. The summed E-state index contributed by atoms with van der Waals surface area (Å²) in [7, 11) is 1.97. The van der Waals surface area contributed by atoms with E-state index in [1.807, 2.05) is 18.7 Å². The Kier molecular flexibility index (Phi) is 3.35. The van der Waals surface area contributed by atoms with E-state index in [1.165, 1.54) is 14.4 Å². The molecular formula is C11H14BrN3S. The van der Waals surface area contributed by atoms with Crippen molar-refractivity contribution in [1.29, 1.82) is 0 Å². The summed E-state index contributed by atoms with van der Waals surface area (Å²) in [4.78, 5) is 1.31. The van der Waals surface area contributed by atoms with E-state index in [1.54, 1.807) is 11.3 Å². The molecule has 0 aromatic carbocycles. The maximum absolute atomic E-state index is 4.38. The molecule has 0 saturated carbocycles. The summed E-state index contributed by atoms with van der Waals surface area (Å²) < 4.78 is 3.08. The number of nitrogens with zero attached hydrogens (tertiary/aromatic N) is 2. The first-order chi connectivity index (χ1) is 7.58. The molecule has 16 heavy (non-hydrogen) atoms. The second kappa shape index (κ2) is 4.59. The van der Waals surface area contributed by atoms with Gasteiger partial charge in [0.25, 0.3) is 0 Å². The highest BCUT2D eigenvalue weighted by atomic mass is 79.9. The molecule has 3 nitrogen and oxygen atoms in total. The molecule has 0 radical (unpaired) electrons. The molecule has 0 unspecified atom stereocenters. The number of aryl methyl sites for hydroxylation is 2. The number of thiophene rings is 1. The Labute approximate surface area is 108 Å². The summed E-state index contributed by atoms with van der Waals surface area (Å²) in [6.45, 7) is 4.95. The highest BCUT2D eigenvalue weighted by molar-refractivity contribution is 9.11. The third kappa shape index (κ3) is 2.30. The predicted octanol–water partition coefficient (Wildman–Crippen LogP) is 3.47. The molecule has 0 saturated heterocycles. The first-order valence-electron chi connectivity index (χ1n) is 5.06. The maximum Gasteiger partial charge on any atom is 0.0827 e. The number of halogens is 1. The van der Waals surface area contributed by atoms with Crippen LogP contribution in [-0.4, -0.2) is 9.78 Å². The van der Waals surface area contributed by atoms with E-state index >= 15 is 0 Å². The van der Waals surface area contributed by atoms with Gasteiger partial charge < -0.3 is 5.32 Å². The van der Waals surface area contributed by atoms with Crippen molar-refractivity contribution in [3.8, 4) is 0 Å². The van der Waals surface area contributed by atoms with Crippen LogP contribution in [0.5, 0.6) is 0 Å². The minimum Gasteiger partial charge on any atom is -0.377 e. The third-order valence-electron chi connectivity index (χ3n) is 2.58. The number of anilines is 1. The van der Waals surface area contributed by atoms with Crippen LogP contribution < -0.4 is 5.32 Å². The van der Waals surface area contributed by atoms with E-state index in [4.69, 9.17) is 0 Å². The Morgan fingerprint density at radius 3 is 2.69 bits per heavy atom. The molecule has 0 aliphatic heterocycles. The van der Waals surface area contributed by atoms with E-state index in [-0.39, 0.29) is 0 Å². The summed E-state index contributed by atoms with van der Waals surface area (Å²) in [5.41, 5.74) is 3.37. The van der Waals surface area contributed by atoms with Crippen LogP contribution in [-0.2, 0) is 13.6 Å². The van der Waals surface area contributed by atoms with Gasteiger partial charge in [0.1, 0.15) is 0 Å². The fourth-order valence-corrected chi connectivity index (χ4v) is 3.07. The van der Waals surface area contributed by atoms with Crippen molar-refractivity contribution in [2.24, 2.45) is 7.05 Å². The monoisotopic (exact) mass is 299 g/mol. The Morgan fingerprint density at radius 1 is 1.44 bits per heavy atom. The highest BCUT2D eigenvalue weighted by Crippen LogP contribution is 2.24. The quantitative estimate of drug-likeness (QED) is 0.940. The minimum absolute atomic E-state index is 0.851. The summed E-state index contributed by atoms with van der Waals surface area (Å²) in [6, 6.07) is 4.20. The minimum atomic E-state index is 0.851. The van der Waals surface area contributed by atoms with E-state index in [9.17, 15) is 0 Å². The summed E-state index contributed by atoms with van der Waals surface area (Å²) >= 11 is 5.22. The van der Waals surface area contributed by atoms with Crippen molar-refractivity contribution in [3.63, 3.8) is 0 Å². The van der Waals surface area contributed by atoms with Gasteiger partial charge in [-0.15, -0.1) is 11.3 Å². The van der Waals surface area contributed by atoms with Crippen LogP contribution in [0.1, 0.15) is 16.3 Å². The second-order valence-corrected chi connectivity index (χ2v) is 6.28. The van der Waals surface area contributed by atoms with Crippen LogP contribution >= 0.6 is 27.3 Å². The molecule has 2 heterocycles. The molecule has 0 aliphatic carbocycles. The average molecular weight is 300 g/mol. The first kappa shape index (κ1) is 11.7. The highest BCUT2D eigenvalue weighted by Gasteiger charge is 2.08. The van der Waals surface area contributed by atoms with Gasteiger partial charge in [0.2, 0.25) is 0 Å². The van der Waals surface area contributed by atoms with Crippen LogP contribution in [0, 0.1) is 13.8 Å². The van der Waals surface area contributed by atoms with Crippen molar-refractivity contribution in [3.05, 3.63) is 32.2 Å². The molecule has 0 amide bonds. The number of nitrogens with one attached hydrogen (secondary N) is 1. The Morgan fingerprint density at radius 2 is 2.19 bits per heavy atom. The second-order valence-electron chi connectivity index (χ2n) is 3.73. The van der Waals surface area contributed by atoms with Crippen molar-refractivity contribution < 1.29 is 0 Å². The smallest absolute Gasteiger partial charge is 0.0827 e. The molecule has 0 bridgehead atoms. The van der Waals surface area contributed by atoms with Gasteiger partial charge >= 0.3 is 0 Å². The number of hydrogen-bond donors (Lipinski definition) is 1. The van der Waals surface area contributed by atoms with E-state index in [0.717, 1.165) is 17.9 Å². The van der Waals surface area contributed by atoms with Crippen LogP contribution in [0.25, 0.3) is 0 Å². The Hall–Kier alpha value is -0.810. The van der Waals surface area contributed by atoms with Gasteiger partial charge in [-0.1, -0.05) is 0 Å². The van der Waals surface area contributed by atoms with Crippen molar-refractivity contribution >= 4 is 33.0 Å². The third-order valence-corrected chi connectivity index (χ3v) is 4.20. The molecule has 86 valence electrons. The molecule has 0 fully saturated rings. The largest absolute Gasteiger partial charge is 0.377 e. The van der Waals surface area contributed by atoms with Gasteiger partial charge in [0.15, 0.2) is 0 Å². The predicted molar refractivity (Wildman–Crippen MR) is 72.0 cm³/mol. The van der Waals surface area contributed by atoms with Crippen molar-refractivity contribution in [2.75, 3.05) is 5.32 Å². The summed E-state index contributed by atoms with van der Waals surface area (Å²) in [6.07, 6.45) is 0. The summed E-state index contributed by atoms with van der Waals surface area (Å²) in [5, 5.41) is 7.81. The lowest BCUT2D eigenvalue weighted by Crippen LogP contribution is -2.00. The zero-order valence-electron chi connectivity index (χ0n) is 9.54.